The van der Waals surface area contributed by atoms with Crippen molar-refractivity contribution >= 4 is 5.91 Å². The Hall–Kier alpha value is -0.570. The Balaban J connectivity index is 1.67. The van der Waals surface area contributed by atoms with E-state index in [1.54, 1.807) is 0 Å². The minimum absolute atomic E-state index is 0.0847. The minimum Gasteiger partial charge on any atom is -0.356 e. The van der Waals surface area contributed by atoms with E-state index in [0.29, 0.717) is 5.91 Å². The zero-order valence-electron chi connectivity index (χ0n) is 12.5. The standard InChI is InChI=1S/C16H30N2O/c1-2-16(9-12-17-13-10-16)15(19)18-11-5-8-14-6-3-4-7-14/h14,17H,2-13H2,1H3,(H,18,19). The van der Waals surface area contributed by atoms with Gasteiger partial charge in [-0.1, -0.05) is 32.6 Å². The fourth-order valence-corrected chi connectivity index (χ4v) is 3.73. The SMILES string of the molecule is CCC1(C(=O)NCCCC2CCCC2)CCNCC1. The molecule has 3 nitrogen and oxygen atoms in total. The summed E-state index contributed by atoms with van der Waals surface area (Å²) in [6.07, 6.45) is 11.1. The topological polar surface area (TPSA) is 41.1 Å². The van der Waals surface area contributed by atoms with Crippen LogP contribution in [0.5, 0.6) is 0 Å². The van der Waals surface area contributed by atoms with Crippen molar-refractivity contribution in [3.8, 4) is 0 Å². The number of amides is 1. The second-order valence-electron chi connectivity index (χ2n) is 6.43. The summed E-state index contributed by atoms with van der Waals surface area (Å²) in [7, 11) is 0. The van der Waals surface area contributed by atoms with Crippen molar-refractivity contribution in [2.24, 2.45) is 11.3 Å². The third-order valence-electron chi connectivity index (χ3n) is 5.27. The van der Waals surface area contributed by atoms with Crippen molar-refractivity contribution in [1.29, 1.82) is 0 Å². The summed E-state index contributed by atoms with van der Waals surface area (Å²) in [6, 6.07) is 0. The van der Waals surface area contributed by atoms with E-state index in [1.165, 1.54) is 32.1 Å². The summed E-state index contributed by atoms with van der Waals surface area (Å²) in [5.41, 5.74) is -0.0847. The van der Waals surface area contributed by atoms with Crippen molar-refractivity contribution in [2.45, 2.75) is 64.7 Å². The molecule has 1 amide bonds. The van der Waals surface area contributed by atoms with E-state index < -0.39 is 0 Å². The first-order valence-corrected chi connectivity index (χ1v) is 8.26. The molecule has 19 heavy (non-hydrogen) atoms. The molecule has 2 N–H and O–H groups in total. The maximum absolute atomic E-state index is 12.4. The van der Waals surface area contributed by atoms with Crippen LogP contribution < -0.4 is 10.6 Å². The molecule has 2 aliphatic rings. The van der Waals surface area contributed by atoms with Gasteiger partial charge >= 0.3 is 0 Å². The lowest BCUT2D eigenvalue weighted by Crippen LogP contribution is -2.47. The van der Waals surface area contributed by atoms with Gasteiger partial charge in [-0.2, -0.15) is 0 Å². The van der Waals surface area contributed by atoms with Crippen LogP contribution >= 0.6 is 0 Å². The van der Waals surface area contributed by atoms with Crippen LogP contribution in [0.1, 0.15) is 64.7 Å². The van der Waals surface area contributed by atoms with E-state index in [4.69, 9.17) is 0 Å². The summed E-state index contributed by atoms with van der Waals surface area (Å²) in [6.45, 7) is 5.01. The van der Waals surface area contributed by atoms with Gasteiger partial charge in [-0.15, -0.1) is 0 Å². The van der Waals surface area contributed by atoms with Gasteiger partial charge in [0.05, 0.1) is 5.41 Å². The van der Waals surface area contributed by atoms with Gasteiger partial charge in [0.2, 0.25) is 5.91 Å². The molecule has 2 rings (SSSR count). The third-order valence-corrected chi connectivity index (χ3v) is 5.27. The van der Waals surface area contributed by atoms with Crippen LogP contribution in [0, 0.1) is 11.3 Å². The fraction of sp³-hybridized carbons (Fsp3) is 0.938. The van der Waals surface area contributed by atoms with E-state index in [2.05, 4.69) is 17.6 Å². The molecule has 1 aliphatic carbocycles. The molecule has 1 saturated carbocycles. The molecule has 3 heteroatoms. The molecular weight excluding hydrogens is 236 g/mol. The number of hydrogen-bond acceptors (Lipinski definition) is 2. The molecule has 0 radical (unpaired) electrons. The first-order valence-electron chi connectivity index (χ1n) is 8.26. The number of hydrogen-bond donors (Lipinski definition) is 2. The monoisotopic (exact) mass is 266 g/mol. The van der Waals surface area contributed by atoms with Crippen LogP contribution in [-0.2, 0) is 4.79 Å². The predicted molar refractivity (Wildman–Crippen MR) is 79.0 cm³/mol. The van der Waals surface area contributed by atoms with Gasteiger partial charge in [-0.25, -0.2) is 0 Å². The Labute approximate surface area is 117 Å². The summed E-state index contributed by atoms with van der Waals surface area (Å²) in [5.74, 6) is 1.25. The lowest BCUT2D eigenvalue weighted by atomic mass is 9.76. The zero-order chi connectivity index (χ0) is 13.6. The van der Waals surface area contributed by atoms with E-state index in [-0.39, 0.29) is 5.41 Å². The van der Waals surface area contributed by atoms with E-state index in [9.17, 15) is 4.79 Å². The van der Waals surface area contributed by atoms with Crippen LogP contribution in [0.2, 0.25) is 0 Å². The maximum atomic E-state index is 12.4. The van der Waals surface area contributed by atoms with Crippen LogP contribution in [0.3, 0.4) is 0 Å². The fourth-order valence-electron chi connectivity index (χ4n) is 3.73. The van der Waals surface area contributed by atoms with Crippen molar-refractivity contribution in [2.75, 3.05) is 19.6 Å². The molecule has 1 aliphatic heterocycles. The molecule has 2 fully saturated rings. The summed E-state index contributed by atoms with van der Waals surface area (Å²) in [4.78, 5) is 12.4. The summed E-state index contributed by atoms with van der Waals surface area (Å²) >= 11 is 0. The van der Waals surface area contributed by atoms with Gasteiger partial charge in [0.15, 0.2) is 0 Å². The number of carbonyl (C=O) groups is 1. The number of nitrogens with one attached hydrogen (secondary N) is 2. The first kappa shape index (κ1) is 14.8. The third kappa shape index (κ3) is 3.95. The molecule has 0 spiro atoms. The molecule has 110 valence electrons. The number of rotatable bonds is 6. The Kier molecular flexibility index (Phi) is 5.68. The Morgan fingerprint density at radius 1 is 1.26 bits per heavy atom. The van der Waals surface area contributed by atoms with Crippen LogP contribution in [-0.4, -0.2) is 25.5 Å². The highest BCUT2D eigenvalue weighted by atomic mass is 16.2. The normalized spacial score (nSPS) is 23.4. The summed E-state index contributed by atoms with van der Waals surface area (Å²) < 4.78 is 0. The van der Waals surface area contributed by atoms with Crippen molar-refractivity contribution in [1.82, 2.24) is 10.6 Å². The average molecular weight is 266 g/mol. The lowest BCUT2D eigenvalue weighted by Gasteiger charge is -2.35. The van der Waals surface area contributed by atoms with Crippen LogP contribution in [0.15, 0.2) is 0 Å². The van der Waals surface area contributed by atoms with Gasteiger partial charge in [0, 0.05) is 6.54 Å². The maximum Gasteiger partial charge on any atom is 0.226 e. The number of carbonyl (C=O) groups excluding carboxylic acids is 1. The smallest absolute Gasteiger partial charge is 0.226 e. The Bertz CT molecular complexity index is 278. The molecule has 1 heterocycles. The molecule has 0 aromatic heterocycles. The van der Waals surface area contributed by atoms with E-state index in [0.717, 1.165) is 51.2 Å². The average Bonchev–Trinajstić information content (AvgIpc) is 2.97. The largest absolute Gasteiger partial charge is 0.356 e. The zero-order valence-corrected chi connectivity index (χ0v) is 12.5. The van der Waals surface area contributed by atoms with Gasteiger partial charge in [0.25, 0.3) is 0 Å². The van der Waals surface area contributed by atoms with Gasteiger partial charge in [-0.3, -0.25) is 4.79 Å². The number of piperidine rings is 1. The highest BCUT2D eigenvalue weighted by Gasteiger charge is 2.37. The highest BCUT2D eigenvalue weighted by molar-refractivity contribution is 5.82. The second kappa shape index (κ2) is 7.28. The Morgan fingerprint density at radius 2 is 1.95 bits per heavy atom. The predicted octanol–water partition coefficient (Wildman–Crippen LogP) is 2.85. The van der Waals surface area contributed by atoms with E-state index >= 15 is 0 Å². The summed E-state index contributed by atoms with van der Waals surface area (Å²) in [5, 5.41) is 6.55. The van der Waals surface area contributed by atoms with Crippen molar-refractivity contribution in [3.05, 3.63) is 0 Å². The molecule has 0 unspecified atom stereocenters. The Morgan fingerprint density at radius 3 is 2.58 bits per heavy atom. The first-order chi connectivity index (χ1) is 9.27. The highest BCUT2D eigenvalue weighted by Crippen LogP contribution is 2.32. The van der Waals surface area contributed by atoms with Crippen LogP contribution in [0.25, 0.3) is 0 Å². The van der Waals surface area contributed by atoms with Gasteiger partial charge in [0.1, 0.15) is 0 Å². The van der Waals surface area contributed by atoms with E-state index in [1.807, 2.05) is 0 Å². The molecular formula is C16H30N2O. The van der Waals surface area contributed by atoms with Gasteiger partial charge < -0.3 is 10.6 Å². The molecule has 1 saturated heterocycles. The second-order valence-corrected chi connectivity index (χ2v) is 6.43. The molecule has 0 atom stereocenters. The van der Waals surface area contributed by atoms with Crippen LogP contribution in [0.4, 0.5) is 0 Å². The quantitative estimate of drug-likeness (QED) is 0.726. The molecule has 0 aromatic carbocycles. The van der Waals surface area contributed by atoms with Gasteiger partial charge in [-0.05, 0) is 51.1 Å². The molecule has 0 aromatic rings. The van der Waals surface area contributed by atoms with Crippen molar-refractivity contribution in [3.63, 3.8) is 0 Å². The minimum atomic E-state index is -0.0847. The molecule has 0 bridgehead atoms. The van der Waals surface area contributed by atoms with Crippen molar-refractivity contribution < 1.29 is 4.79 Å². The lowest BCUT2D eigenvalue weighted by molar-refractivity contribution is -0.132.